The average molecular weight is 295 g/mol. The van der Waals surface area contributed by atoms with Crippen LogP contribution in [0.3, 0.4) is 0 Å². The van der Waals surface area contributed by atoms with Gasteiger partial charge in [0.2, 0.25) is 5.69 Å². The molecule has 102 valence electrons. The maximum absolute atomic E-state index is 11.7. The van der Waals surface area contributed by atoms with Crippen molar-refractivity contribution in [2.45, 2.75) is 0 Å². The number of methoxy groups -OCH3 is 1. The first-order valence-electron chi connectivity index (χ1n) is 6.05. The van der Waals surface area contributed by atoms with Gasteiger partial charge in [0.1, 0.15) is 15.2 Å². The summed E-state index contributed by atoms with van der Waals surface area (Å²) in [5.74, 6) is -0.535. The Labute approximate surface area is 124 Å². The molecule has 0 fully saturated rings. The van der Waals surface area contributed by atoms with Crippen LogP contribution in [0.25, 0.3) is 26.4 Å². The van der Waals surface area contributed by atoms with E-state index in [1.165, 1.54) is 7.11 Å². The Morgan fingerprint density at radius 2 is 2.10 bits per heavy atom. The van der Waals surface area contributed by atoms with Crippen molar-refractivity contribution in [3.8, 4) is 11.3 Å². The van der Waals surface area contributed by atoms with Crippen LogP contribution >= 0.6 is 11.3 Å². The lowest BCUT2D eigenvalue weighted by Crippen LogP contribution is -1.97. The van der Waals surface area contributed by atoms with Crippen molar-refractivity contribution in [3.05, 3.63) is 52.8 Å². The summed E-state index contributed by atoms with van der Waals surface area (Å²) in [6.07, 6.45) is 1.64. The standard InChI is InChI=1S/C15H9N3O2S/c1-16-11-12-14(21-13(11)15(19)20-2)17-8-10(18-12)9-6-4-3-5-7-9/h3-8H,2H3. The molecule has 5 nitrogen and oxygen atoms in total. The van der Waals surface area contributed by atoms with E-state index in [0.717, 1.165) is 16.9 Å². The molecule has 0 spiro atoms. The van der Waals surface area contributed by atoms with Crippen molar-refractivity contribution in [1.29, 1.82) is 0 Å². The zero-order valence-corrected chi connectivity index (χ0v) is 11.8. The Kier molecular flexibility index (Phi) is 3.34. The smallest absolute Gasteiger partial charge is 0.337 e. The normalized spacial score (nSPS) is 10.3. The molecular weight excluding hydrogens is 286 g/mol. The fourth-order valence-corrected chi connectivity index (χ4v) is 2.89. The summed E-state index contributed by atoms with van der Waals surface area (Å²) < 4.78 is 4.70. The summed E-state index contributed by atoms with van der Waals surface area (Å²) in [4.78, 5) is 24.7. The number of carbonyl (C=O) groups excluding carboxylic acids is 1. The van der Waals surface area contributed by atoms with Crippen LogP contribution in [0.2, 0.25) is 0 Å². The number of ether oxygens (including phenoxy) is 1. The van der Waals surface area contributed by atoms with E-state index in [1.807, 2.05) is 30.3 Å². The second-order valence-electron chi connectivity index (χ2n) is 4.16. The van der Waals surface area contributed by atoms with Crippen molar-refractivity contribution < 1.29 is 9.53 Å². The molecular formula is C15H9N3O2S. The van der Waals surface area contributed by atoms with E-state index in [1.54, 1.807) is 6.20 Å². The molecule has 0 aliphatic rings. The van der Waals surface area contributed by atoms with Gasteiger partial charge in [0.25, 0.3) is 0 Å². The summed E-state index contributed by atoms with van der Waals surface area (Å²) >= 11 is 1.12. The Morgan fingerprint density at radius 3 is 2.76 bits per heavy atom. The second kappa shape index (κ2) is 5.31. The van der Waals surface area contributed by atoms with E-state index in [9.17, 15) is 4.79 Å². The van der Waals surface area contributed by atoms with Gasteiger partial charge in [0, 0.05) is 5.56 Å². The predicted molar refractivity (Wildman–Crippen MR) is 80.5 cm³/mol. The third-order valence-electron chi connectivity index (χ3n) is 2.93. The van der Waals surface area contributed by atoms with Crippen LogP contribution in [-0.2, 0) is 4.74 Å². The number of fused-ring (bicyclic) bond motifs is 1. The summed E-state index contributed by atoms with van der Waals surface area (Å²) in [6.45, 7) is 7.28. The molecule has 3 rings (SSSR count). The lowest BCUT2D eigenvalue weighted by Gasteiger charge is -2.00. The molecule has 0 N–H and O–H groups in total. The molecule has 2 heterocycles. The average Bonchev–Trinajstić information content (AvgIpc) is 2.92. The molecule has 0 aliphatic carbocycles. The van der Waals surface area contributed by atoms with Crippen molar-refractivity contribution in [3.63, 3.8) is 0 Å². The fraction of sp³-hybridized carbons (Fsp3) is 0.0667. The quantitative estimate of drug-likeness (QED) is 0.534. The molecule has 1 aromatic carbocycles. The molecule has 0 amide bonds. The third-order valence-corrected chi connectivity index (χ3v) is 3.99. The third kappa shape index (κ3) is 2.24. The molecule has 6 heteroatoms. The first-order valence-corrected chi connectivity index (χ1v) is 6.87. The Hall–Kier alpha value is -2.78. The van der Waals surface area contributed by atoms with Crippen molar-refractivity contribution in [2.75, 3.05) is 7.11 Å². The molecule has 3 aromatic rings. The highest BCUT2D eigenvalue weighted by atomic mass is 32.1. The van der Waals surface area contributed by atoms with E-state index in [2.05, 4.69) is 14.8 Å². The van der Waals surface area contributed by atoms with Gasteiger partial charge in [-0.15, -0.1) is 11.3 Å². The Bertz CT molecular complexity index is 866. The van der Waals surface area contributed by atoms with Gasteiger partial charge in [-0.1, -0.05) is 30.3 Å². The van der Waals surface area contributed by atoms with E-state index in [0.29, 0.717) is 16.0 Å². The largest absolute Gasteiger partial charge is 0.466 e. The van der Waals surface area contributed by atoms with E-state index < -0.39 is 5.97 Å². The number of aromatic nitrogens is 2. The number of benzene rings is 1. The summed E-state index contributed by atoms with van der Waals surface area (Å²) in [6, 6.07) is 9.57. The monoisotopic (exact) mass is 295 g/mol. The lowest BCUT2D eigenvalue weighted by atomic mass is 10.2. The molecule has 0 atom stereocenters. The van der Waals surface area contributed by atoms with Gasteiger partial charge in [-0.2, -0.15) is 0 Å². The van der Waals surface area contributed by atoms with Crippen molar-refractivity contribution in [2.24, 2.45) is 0 Å². The topological polar surface area (TPSA) is 56.4 Å². The highest BCUT2D eigenvalue weighted by Gasteiger charge is 2.21. The lowest BCUT2D eigenvalue weighted by molar-refractivity contribution is 0.0607. The number of hydrogen-bond donors (Lipinski definition) is 0. The summed E-state index contributed by atoms with van der Waals surface area (Å²) in [5.41, 5.74) is 2.22. The highest BCUT2D eigenvalue weighted by molar-refractivity contribution is 7.21. The second-order valence-corrected chi connectivity index (χ2v) is 5.16. The van der Waals surface area contributed by atoms with Crippen LogP contribution in [-0.4, -0.2) is 23.0 Å². The highest BCUT2D eigenvalue weighted by Crippen LogP contribution is 2.37. The molecule has 0 radical (unpaired) electrons. The van der Waals surface area contributed by atoms with Crippen molar-refractivity contribution >= 4 is 33.3 Å². The summed E-state index contributed by atoms with van der Waals surface area (Å²) in [7, 11) is 1.29. The van der Waals surface area contributed by atoms with Crippen LogP contribution < -0.4 is 0 Å². The van der Waals surface area contributed by atoms with Gasteiger partial charge in [-0.05, 0) is 0 Å². The molecule has 0 saturated carbocycles. The van der Waals surface area contributed by atoms with Gasteiger partial charge in [-0.25, -0.2) is 14.6 Å². The zero-order chi connectivity index (χ0) is 14.8. The SMILES string of the molecule is [C-]#[N+]c1c(C(=O)OC)sc2ncc(-c3ccccc3)nc12. The number of thiophene rings is 1. The van der Waals surface area contributed by atoms with Crippen LogP contribution in [0.4, 0.5) is 5.69 Å². The van der Waals surface area contributed by atoms with E-state index in [-0.39, 0.29) is 10.6 Å². The molecule has 0 saturated heterocycles. The Morgan fingerprint density at radius 1 is 1.33 bits per heavy atom. The maximum atomic E-state index is 11.7. The molecule has 0 aliphatic heterocycles. The summed E-state index contributed by atoms with van der Waals surface area (Å²) in [5, 5.41) is 0. The minimum atomic E-state index is -0.535. The predicted octanol–water partition coefficient (Wildman–Crippen LogP) is 3.70. The molecule has 21 heavy (non-hydrogen) atoms. The number of rotatable bonds is 2. The first-order chi connectivity index (χ1) is 10.2. The van der Waals surface area contributed by atoms with Crippen LogP contribution in [0, 0.1) is 6.57 Å². The van der Waals surface area contributed by atoms with Crippen LogP contribution in [0.5, 0.6) is 0 Å². The number of nitrogens with zero attached hydrogens (tertiary/aromatic N) is 3. The molecule has 0 bridgehead atoms. The Balaban J connectivity index is 2.22. The van der Waals surface area contributed by atoms with Gasteiger partial charge < -0.3 is 4.74 Å². The van der Waals surface area contributed by atoms with E-state index >= 15 is 0 Å². The van der Waals surface area contributed by atoms with Gasteiger partial charge in [-0.3, -0.25) is 4.98 Å². The number of carbonyl (C=O) groups is 1. The van der Waals surface area contributed by atoms with E-state index in [4.69, 9.17) is 11.3 Å². The minimum absolute atomic E-state index is 0.201. The molecule has 0 unspecified atom stereocenters. The van der Waals surface area contributed by atoms with Gasteiger partial charge in [0.15, 0.2) is 0 Å². The zero-order valence-electron chi connectivity index (χ0n) is 11.0. The first kappa shape index (κ1) is 13.2. The molecule has 2 aromatic heterocycles. The number of hydrogen-bond acceptors (Lipinski definition) is 5. The fourth-order valence-electron chi connectivity index (χ4n) is 1.94. The van der Waals surface area contributed by atoms with Crippen LogP contribution in [0.15, 0.2) is 36.5 Å². The van der Waals surface area contributed by atoms with Gasteiger partial charge in [0.05, 0.1) is 25.6 Å². The number of esters is 1. The van der Waals surface area contributed by atoms with Crippen molar-refractivity contribution in [1.82, 2.24) is 9.97 Å². The van der Waals surface area contributed by atoms with Crippen LogP contribution in [0.1, 0.15) is 9.67 Å². The van der Waals surface area contributed by atoms with Gasteiger partial charge >= 0.3 is 5.97 Å². The maximum Gasteiger partial charge on any atom is 0.337 e. The minimum Gasteiger partial charge on any atom is -0.466 e.